The highest BCUT2D eigenvalue weighted by molar-refractivity contribution is 5.63. The van der Waals surface area contributed by atoms with Crippen LogP contribution in [0, 0.1) is 0 Å². The highest BCUT2D eigenvalue weighted by Gasteiger charge is 2.14. The fourth-order valence-corrected chi connectivity index (χ4v) is 2.61. The van der Waals surface area contributed by atoms with E-state index >= 15 is 0 Å². The SMILES string of the molecule is CCCN(C)C(CN)c1ccc(-c2ccccc2)cc1. The van der Waals surface area contributed by atoms with Gasteiger partial charge in [-0.1, -0.05) is 61.5 Å². The predicted octanol–water partition coefficient (Wildman–Crippen LogP) is 3.70. The molecule has 1 unspecified atom stereocenters. The molecule has 0 spiro atoms. The normalized spacial score (nSPS) is 12.6. The van der Waals surface area contributed by atoms with E-state index in [1.165, 1.54) is 16.7 Å². The van der Waals surface area contributed by atoms with Crippen LogP contribution in [0.5, 0.6) is 0 Å². The van der Waals surface area contributed by atoms with Crippen molar-refractivity contribution < 1.29 is 0 Å². The Morgan fingerprint density at radius 1 is 0.950 bits per heavy atom. The molecule has 0 aromatic heterocycles. The van der Waals surface area contributed by atoms with E-state index in [2.05, 4.69) is 67.4 Å². The molecule has 0 saturated heterocycles. The summed E-state index contributed by atoms with van der Waals surface area (Å²) in [6, 6.07) is 19.5. The lowest BCUT2D eigenvalue weighted by atomic mass is 10.00. The molecule has 2 N–H and O–H groups in total. The van der Waals surface area contributed by atoms with Crippen LogP contribution in [0.2, 0.25) is 0 Å². The average molecular weight is 268 g/mol. The lowest BCUT2D eigenvalue weighted by molar-refractivity contribution is 0.251. The zero-order valence-electron chi connectivity index (χ0n) is 12.4. The van der Waals surface area contributed by atoms with Crippen LogP contribution in [0.3, 0.4) is 0 Å². The summed E-state index contributed by atoms with van der Waals surface area (Å²) in [6.45, 7) is 3.92. The minimum Gasteiger partial charge on any atom is -0.329 e. The van der Waals surface area contributed by atoms with E-state index in [-0.39, 0.29) is 0 Å². The average Bonchev–Trinajstić information content (AvgIpc) is 2.50. The molecule has 2 heteroatoms. The smallest absolute Gasteiger partial charge is 0.0467 e. The van der Waals surface area contributed by atoms with Gasteiger partial charge in [0.25, 0.3) is 0 Å². The van der Waals surface area contributed by atoms with Gasteiger partial charge in [0.2, 0.25) is 0 Å². The Balaban J connectivity index is 2.18. The maximum atomic E-state index is 5.94. The van der Waals surface area contributed by atoms with Gasteiger partial charge in [-0.3, -0.25) is 4.90 Å². The van der Waals surface area contributed by atoms with Crippen molar-refractivity contribution in [2.45, 2.75) is 19.4 Å². The highest BCUT2D eigenvalue weighted by Crippen LogP contribution is 2.23. The number of nitrogens with two attached hydrogens (primary N) is 1. The number of hydrogen-bond acceptors (Lipinski definition) is 2. The van der Waals surface area contributed by atoms with Crippen molar-refractivity contribution in [1.82, 2.24) is 4.90 Å². The van der Waals surface area contributed by atoms with Gasteiger partial charge in [-0.25, -0.2) is 0 Å². The number of nitrogens with zero attached hydrogens (tertiary/aromatic N) is 1. The van der Waals surface area contributed by atoms with Gasteiger partial charge in [-0.05, 0) is 36.7 Å². The van der Waals surface area contributed by atoms with Crippen LogP contribution in [0.4, 0.5) is 0 Å². The zero-order chi connectivity index (χ0) is 14.4. The Kier molecular flexibility index (Phi) is 5.33. The van der Waals surface area contributed by atoms with Gasteiger partial charge in [0, 0.05) is 12.6 Å². The Morgan fingerprint density at radius 3 is 2.10 bits per heavy atom. The van der Waals surface area contributed by atoms with Crippen molar-refractivity contribution in [3.63, 3.8) is 0 Å². The maximum Gasteiger partial charge on any atom is 0.0467 e. The number of hydrogen-bond donors (Lipinski definition) is 1. The van der Waals surface area contributed by atoms with Gasteiger partial charge in [0.05, 0.1) is 0 Å². The summed E-state index contributed by atoms with van der Waals surface area (Å²) in [5, 5.41) is 0. The lowest BCUT2D eigenvalue weighted by Gasteiger charge is -2.27. The maximum absolute atomic E-state index is 5.94. The van der Waals surface area contributed by atoms with Crippen LogP contribution >= 0.6 is 0 Å². The molecule has 20 heavy (non-hydrogen) atoms. The number of likely N-dealkylation sites (N-methyl/N-ethyl adjacent to an activating group) is 1. The van der Waals surface area contributed by atoms with Crippen LogP contribution in [-0.4, -0.2) is 25.0 Å². The number of rotatable bonds is 6. The molecular formula is C18H24N2. The first kappa shape index (κ1) is 14.8. The minimum atomic E-state index is 0.305. The third-order valence-electron chi connectivity index (χ3n) is 3.73. The summed E-state index contributed by atoms with van der Waals surface area (Å²) in [5.41, 5.74) is 9.75. The Hall–Kier alpha value is -1.64. The lowest BCUT2D eigenvalue weighted by Crippen LogP contribution is -2.31. The Labute approximate surface area is 122 Å². The van der Waals surface area contributed by atoms with Crippen molar-refractivity contribution >= 4 is 0 Å². The van der Waals surface area contributed by atoms with Crippen molar-refractivity contribution in [1.29, 1.82) is 0 Å². The van der Waals surface area contributed by atoms with E-state index < -0.39 is 0 Å². The van der Waals surface area contributed by atoms with Crippen LogP contribution in [0.1, 0.15) is 24.9 Å². The van der Waals surface area contributed by atoms with Gasteiger partial charge in [0.1, 0.15) is 0 Å². The largest absolute Gasteiger partial charge is 0.329 e. The predicted molar refractivity (Wildman–Crippen MR) is 86.6 cm³/mol. The van der Waals surface area contributed by atoms with Gasteiger partial charge in [-0.15, -0.1) is 0 Å². The molecule has 2 aromatic rings. The Morgan fingerprint density at radius 2 is 1.55 bits per heavy atom. The van der Waals surface area contributed by atoms with Gasteiger partial charge < -0.3 is 5.73 Å². The van der Waals surface area contributed by atoms with Gasteiger partial charge >= 0.3 is 0 Å². The molecule has 1 atom stereocenters. The highest BCUT2D eigenvalue weighted by atomic mass is 15.1. The molecule has 2 nitrogen and oxygen atoms in total. The van der Waals surface area contributed by atoms with E-state index in [4.69, 9.17) is 5.73 Å². The molecule has 2 rings (SSSR count). The first-order valence-corrected chi connectivity index (χ1v) is 7.32. The molecule has 0 aliphatic carbocycles. The summed E-state index contributed by atoms with van der Waals surface area (Å²) in [4.78, 5) is 2.33. The van der Waals surface area contributed by atoms with E-state index in [0.29, 0.717) is 12.6 Å². The van der Waals surface area contributed by atoms with Crippen LogP contribution in [0.25, 0.3) is 11.1 Å². The second kappa shape index (κ2) is 7.22. The molecule has 0 fully saturated rings. The van der Waals surface area contributed by atoms with Crippen LogP contribution in [-0.2, 0) is 0 Å². The topological polar surface area (TPSA) is 29.3 Å². The molecular weight excluding hydrogens is 244 g/mol. The molecule has 0 aliphatic rings. The van der Waals surface area contributed by atoms with Gasteiger partial charge in [-0.2, -0.15) is 0 Å². The number of benzene rings is 2. The van der Waals surface area contributed by atoms with E-state index in [1.807, 2.05) is 6.07 Å². The monoisotopic (exact) mass is 268 g/mol. The summed E-state index contributed by atoms with van der Waals surface area (Å²) in [7, 11) is 2.14. The summed E-state index contributed by atoms with van der Waals surface area (Å²) in [5.74, 6) is 0. The van der Waals surface area contributed by atoms with Crippen molar-refractivity contribution in [2.24, 2.45) is 5.73 Å². The molecule has 2 aromatic carbocycles. The Bertz CT molecular complexity index is 505. The first-order chi connectivity index (χ1) is 9.76. The molecule has 106 valence electrons. The van der Waals surface area contributed by atoms with Crippen molar-refractivity contribution in [2.75, 3.05) is 20.1 Å². The first-order valence-electron chi connectivity index (χ1n) is 7.32. The summed E-state index contributed by atoms with van der Waals surface area (Å²) in [6.07, 6.45) is 1.15. The van der Waals surface area contributed by atoms with E-state index in [1.54, 1.807) is 0 Å². The fourth-order valence-electron chi connectivity index (χ4n) is 2.61. The molecule has 0 radical (unpaired) electrons. The van der Waals surface area contributed by atoms with Crippen LogP contribution < -0.4 is 5.73 Å². The van der Waals surface area contributed by atoms with E-state index in [9.17, 15) is 0 Å². The molecule has 0 heterocycles. The molecule has 0 saturated carbocycles. The molecule has 0 aliphatic heterocycles. The van der Waals surface area contributed by atoms with Crippen molar-refractivity contribution in [3.05, 3.63) is 60.2 Å². The van der Waals surface area contributed by atoms with Crippen molar-refractivity contribution in [3.8, 4) is 11.1 Å². The quantitative estimate of drug-likeness (QED) is 0.865. The summed E-state index contributed by atoms with van der Waals surface area (Å²) < 4.78 is 0. The van der Waals surface area contributed by atoms with Crippen LogP contribution in [0.15, 0.2) is 54.6 Å². The summed E-state index contributed by atoms with van der Waals surface area (Å²) >= 11 is 0. The second-order valence-corrected chi connectivity index (χ2v) is 5.22. The minimum absolute atomic E-state index is 0.305. The third-order valence-corrected chi connectivity index (χ3v) is 3.73. The second-order valence-electron chi connectivity index (χ2n) is 5.22. The van der Waals surface area contributed by atoms with Gasteiger partial charge in [0.15, 0.2) is 0 Å². The fraction of sp³-hybridized carbons (Fsp3) is 0.333. The zero-order valence-corrected chi connectivity index (χ0v) is 12.4. The molecule has 0 amide bonds. The standard InChI is InChI=1S/C18H24N2/c1-3-13-20(2)18(14-19)17-11-9-16(10-12-17)15-7-5-4-6-8-15/h4-12,18H,3,13-14,19H2,1-2H3. The van der Waals surface area contributed by atoms with E-state index in [0.717, 1.165) is 13.0 Å². The molecule has 0 bridgehead atoms. The third kappa shape index (κ3) is 3.47.